The summed E-state index contributed by atoms with van der Waals surface area (Å²) in [7, 11) is 1.80. The summed E-state index contributed by atoms with van der Waals surface area (Å²) in [6.45, 7) is 4.28. The van der Waals surface area contributed by atoms with E-state index in [2.05, 4.69) is 29.0 Å². The highest BCUT2D eigenvalue weighted by atomic mass is 15.5. The van der Waals surface area contributed by atoms with Gasteiger partial charge >= 0.3 is 0 Å². The SMILES string of the molecule is CC(C)c1cnc2nn(C)nc2c1. The molecular weight excluding hydrogens is 164 g/mol. The van der Waals surface area contributed by atoms with Gasteiger partial charge in [0.2, 0.25) is 5.65 Å². The molecule has 13 heavy (non-hydrogen) atoms. The van der Waals surface area contributed by atoms with Gasteiger partial charge in [0, 0.05) is 13.2 Å². The van der Waals surface area contributed by atoms with Gasteiger partial charge < -0.3 is 0 Å². The maximum absolute atomic E-state index is 4.23. The fourth-order valence-electron chi connectivity index (χ4n) is 1.24. The van der Waals surface area contributed by atoms with Crippen molar-refractivity contribution in [2.45, 2.75) is 19.8 Å². The zero-order valence-corrected chi connectivity index (χ0v) is 8.02. The van der Waals surface area contributed by atoms with E-state index in [1.54, 1.807) is 11.8 Å². The molecule has 0 unspecified atom stereocenters. The number of fused-ring (bicyclic) bond motifs is 1. The first-order valence-corrected chi connectivity index (χ1v) is 4.34. The molecular formula is C9H12N4. The zero-order chi connectivity index (χ0) is 9.42. The largest absolute Gasteiger partial charge is 0.233 e. The quantitative estimate of drug-likeness (QED) is 0.661. The van der Waals surface area contributed by atoms with Crippen LogP contribution in [0, 0.1) is 0 Å². The fourth-order valence-corrected chi connectivity index (χ4v) is 1.24. The molecule has 0 aromatic carbocycles. The Balaban J connectivity index is 2.61. The fraction of sp³-hybridized carbons (Fsp3) is 0.444. The third-order valence-electron chi connectivity index (χ3n) is 2.03. The van der Waals surface area contributed by atoms with E-state index in [9.17, 15) is 0 Å². The van der Waals surface area contributed by atoms with Crippen molar-refractivity contribution >= 4 is 11.2 Å². The summed E-state index contributed by atoms with van der Waals surface area (Å²) in [5.41, 5.74) is 2.79. The number of pyridine rings is 1. The number of aryl methyl sites for hydroxylation is 1. The summed E-state index contributed by atoms with van der Waals surface area (Å²) >= 11 is 0. The lowest BCUT2D eigenvalue weighted by atomic mass is 10.1. The molecule has 2 rings (SSSR count). The van der Waals surface area contributed by atoms with Gasteiger partial charge in [0.1, 0.15) is 5.52 Å². The number of hydrogen-bond donors (Lipinski definition) is 0. The third-order valence-corrected chi connectivity index (χ3v) is 2.03. The smallest absolute Gasteiger partial charge is 0.201 e. The van der Waals surface area contributed by atoms with Gasteiger partial charge in [-0.1, -0.05) is 13.8 Å². The predicted molar refractivity (Wildman–Crippen MR) is 50.4 cm³/mol. The Morgan fingerprint density at radius 2 is 2.08 bits per heavy atom. The van der Waals surface area contributed by atoms with Gasteiger partial charge in [-0.2, -0.15) is 9.90 Å². The third kappa shape index (κ3) is 1.39. The molecule has 0 bridgehead atoms. The first kappa shape index (κ1) is 8.16. The molecule has 0 spiro atoms. The Hall–Kier alpha value is -1.45. The van der Waals surface area contributed by atoms with Crippen molar-refractivity contribution in [2.24, 2.45) is 7.05 Å². The van der Waals surface area contributed by atoms with Crippen molar-refractivity contribution in [3.63, 3.8) is 0 Å². The Morgan fingerprint density at radius 1 is 1.31 bits per heavy atom. The summed E-state index contributed by atoms with van der Waals surface area (Å²) in [6.07, 6.45) is 1.86. The molecule has 0 fully saturated rings. The van der Waals surface area contributed by atoms with Crippen molar-refractivity contribution in [1.29, 1.82) is 0 Å². The lowest BCUT2D eigenvalue weighted by molar-refractivity contribution is 0.663. The molecule has 2 aromatic rings. The Labute approximate surface area is 76.6 Å². The number of nitrogens with zero attached hydrogens (tertiary/aromatic N) is 4. The second-order valence-electron chi connectivity index (χ2n) is 3.46. The van der Waals surface area contributed by atoms with E-state index in [1.165, 1.54) is 5.56 Å². The topological polar surface area (TPSA) is 43.6 Å². The van der Waals surface area contributed by atoms with E-state index >= 15 is 0 Å². The highest BCUT2D eigenvalue weighted by Gasteiger charge is 2.04. The van der Waals surface area contributed by atoms with Gasteiger partial charge in [-0.05, 0) is 17.5 Å². The minimum absolute atomic E-state index is 0.485. The first-order chi connectivity index (χ1) is 6.16. The second-order valence-corrected chi connectivity index (χ2v) is 3.46. The van der Waals surface area contributed by atoms with E-state index in [0.29, 0.717) is 11.6 Å². The van der Waals surface area contributed by atoms with E-state index in [-0.39, 0.29) is 0 Å². The lowest BCUT2D eigenvalue weighted by Gasteiger charge is -2.01. The Bertz CT molecular complexity index is 430. The highest BCUT2D eigenvalue weighted by molar-refractivity contribution is 5.69. The predicted octanol–water partition coefficient (Wildman–Crippen LogP) is 1.49. The van der Waals surface area contributed by atoms with Crippen LogP contribution in [0.5, 0.6) is 0 Å². The normalized spacial score (nSPS) is 11.4. The highest BCUT2D eigenvalue weighted by Crippen LogP contribution is 2.16. The molecule has 4 heteroatoms. The standard InChI is InChI=1S/C9H12N4/c1-6(2)7-4-8-9(10-5-7)12-13(3)11-8/h4-6H,1-3H3. The Morgan fingerprint density at radius 3 is 2.77 bits per heavy atom. The molecule has 0 N–H and O–H groups in total. The molecule has 0 atom stereocenters. The minimum Gasteiger partial charge on any atom is -0.233 e. The summed E-state index contributed by atoms with van der Waals surface area (Å²) in [6, 6.07) is 2.04. The maximum Gasteiger partial charge on any atom is 0.201 e. The molecule has 0 saturated heterocycles. The Kier molecular flexibility index (Phi) is 1.76. The molecule has 2 heterocycles. The summed E-state index contributed by atoms with van der Waals surface area (Å²) in [4.78, 5) is 5.77. The lowest BCUT2D eigenvalue weighted by Crippen LogP contribution is -1.90. The molecule has 0 radical (unpaired) electrons. The second kappa shape index (κ2) is 2.80. The summed E-state index contributed by atoms with van der Waals surface area (Å²) in [5, 5.41) is 8.31. The molecule has 68 valence electrons. The van der Waals surface area contributed by atoms with E-state index < -0.39 is 0 Å². The maximum atomic E-state index is 4.23. The number of hydrogen-bond acceptors (Lipinski definition) is 3. The van der Waals surface area contributed by atoms with Gasteiger partial charge in [-0.15, -0.1) is 5.10 Å². The van der Waals surface area contributed by atoms with Crippen molar-refractivity contribution in [2.75, 3.05) is 0 Å². The zero-order valence-electron chi connectivity index (χ0n) is 8.02. The van der Waals surface area contributed by atoms with Crippen molar-refractivity contribution in [1.82, 2.24) is 20.0 Å². The molecule has 0 saturated carbocycles. The van der Waals surface area contributed by atoms with Crippen LogP contribution >= 0.6 is 0 Å². The molecule has 0 amide bonds. The van der Waals surface area contributed by atoms with Gasteiger partial charge in [-0.3, -0.25) is 0 Å². The van der Waals surface area contributed by atoms with Crippen LogP contribution < -0.4 is 0 Å². The molecule has 2 aromatic heterocycles. The monoisotopic (exact) mass is 176 g/mol. The van der Waals surface area contributed by atoms with Crippen LogP contribution in [-0.4, -0.2) is 20.0 Å². The van der Waals surface area contributed by atoms with Crippen LogP contribution in [0.15, 0.2) is 12.3 Å². The van der Waals surface area contributed by atoms with Crippen molar-refractivity contribution < 1.29 is 0 Å². The van der Waals surface area contributed by atoms with E-state index in [0.717, 1.165) is 5.52 Å². The van der Waals surface area contributed by atoms with E-state index in [1.807, 2.05) is 12.3 Å². The summed E-state index contributed by atoms with van der Waals surface area (Å²) in [5.74, 6) is 0.485. The number of rotatable bonds is 1. The molecule has 4 nitrogen and oxygen atoms in total. The average molecular weight is 176 g/mol. The van der Waals surface area contributed by atoms with Gasteiger partial charge in [-0.25, -0.2) is 4.98 Å². The minimum atomic E-state index is 0.485. The molecule has 0 aliphatic heterocycles. The van der Waals surface area contributed by atoms with Crippen LogP contribution in [0.25, 0.3) is 11.2 Å². The van der Waals surface area contributed by atoms with Gasteiger partial charge in [0.15, 0.2) is 0 Å². The summed E-state index contributed by atoms with van der Waals surface area (Å²) < 4.78 is 0. The van der Waals surface area contributed by atoms with Crippen molar-refractivity contribution in [3.8, 4) is 0 Å². The van der Waals surface area contributed by atoms with E-state index in [4.69, 9.17) is 0 Å². The first-order valence-electron chi connectivity index (χ1n) is 4.34. The number of aromatic nitrogens is 4. The van der Waals surface area contributed by atoms with Crippen LogP contribution in [0.2, 0.25) is 0 Å². The van der Waals surface area contributed by atoms with Crippen LogP contribution in [-0.2, 0) is 7.05 Å². The molecule has 0 aliphatic rings. The van der Waals surface area contributed by atoms with Gasteiger partial charge in [0.25, 0.3) is 0 Å². The van der Waals surface area contributed by atoms with Crippen LogP contribution in [0.1, 0.15) is 25.3 Å². The van der Waals surface area contributed by atoms with Crippen molar-refractivity contribution in [3.05, 3.63) is 17.8 Å². The molecule has 0 aliphatic carbocycles. The van der Waals surface area contributed by atoms with Crippen LogP contribution in [0.4, 0.5) is 0 Å². The van der Waals surface area contributed by atoms with Gasteiger partial charge in [0.05, 0.1) is 0 Å². The van der Waals surface area contributed by atoms with Crippen LogP contribution in [0.3, 0.4) is 0 Å². The average Bonchev–Trinajstić information content (AvgIpc) is 2.42.